The Balaban J connectivity index is 2.23. The van der Waals surface area contributed by atoms with Crippen LogP contribution in [0.3, 0.4) is 0 Å². The van der Waals surface area contributed by atoms with Crippen molar-refractivity contribution < 1.29 is 14.3 Å². The average Bonchev–Trinajstić information content (AvgIpc) is 2.67. The lowest BCUT2D eigenvalue weighted by molar-refractivity contribution is -0.141. The van der Waals surface area contributed by atoms with Crippen molar-refractivity contribution in [2.45, 2.75) is 38.6 Å². The van der Waals surface area contributed by atoms with Crippen LogP contribution in [0.1, 0.15) is 42.9 Å². The molecule has 0 aliphatic rings. The fourth-order valence-electron chi connectivity index (χ4n) is 3.01. The van der Waals surface area contributed by atoms with Crippen molar-refractivity contribution >= 4 is 5.97 Å². The Morgan fingerprint density at radius 1 is 1.22 bits per heavy atom. The molecule has 0 fully saturated rings. The smallest absolute Gasteiger partial charge is 0.307 e. The van der Waals surface area contributed by atoms with E-state index in [0.29, 0.717) is 6.61 Å². The lowest BCUT2D eigenvalue weighted by Gasteiger charge is -2.16. The highest BCUT2D eigenvalue weighted by molar-refractivity contribution is 5.75. The number of ether oxygens (including phenoxy) is 2. The number of rotatable bonds is 10. The van der Waals surface area contributed by atoms with E-state index >= 15 is 0 Å². The van der Waals surface area contributed by atoms with Gasteiger partial charge >= 0.3 is 5.97 Å². The van der Waals surface area contributed by atoms with Gasteiger partial charge in [0.25, 0.3) is 0 Å². The molecule has 0 heterocycles. The maximum atomic E-state index is 11.5. The van der Waals surface area contributed by atoms with Crippen LogP contribution in [-0.2, 0) is 9.53 Å². The Hall–Kier alpha value is -2.59. The Morgan fingerprint density at radius 3 is 2.74 bits per heavy atom. The molecule has 1 atom stereocenters. The maximum absolute atomic E-state index is 11.5. The second kappa shape index (κ2) is 10.5. The first-order chi connectivity index (χ1) is 13.1. The Labute approximate surface area is 162 Å². The van der Waals surface area contributed by atoms with Crippen molar-refractivity contribution in [1.29, 1.82) is 0 Å². The first kappa shape index (κ1) is 20.7. The van der Waals surface area contributed by atoms with E-state index in [1.165, 1.54) is 7.11 Å². The molecule has 2 rings (SSSR count). The summed E-state index contributed by atoms with van der Waals surface area (Å²) in [5, 5.41) is 0. The molecule has 0 aliphatic carbocycles. The van der Waals surface area contributed by atoms with Crippen LogP contribution in [0, 0.1) is 6.92 Å². The standard InChI is InChI=1S/C23H29NO3/c1-4-5-6-7-14-27-21-13-8-10-17(2)23(21)19-12-9-11-18(15-19)20(24)16-22(25)26-3/h4,8-13,15,20H,1,5-7,14,16,24H2,2-3H3/t20-/m0/s1. The fourth-order valence-corrected chi connectivity index (χ4v) is 3.01. The van der Waals surface area contributed by atoms with E-state index in [2.05, 4.69) is 19.6 Å². The van der Waals surface area contributed by atoms with E-state index in [-0.39, 0.29) is 12.4 Å². The molecule has 0 amide bonds. The summed E-state index contributed by atoms with van der Waals surface area (Å²) in [4.78, 5) is 11.5. The van der Waals surface area contributed by atoms with Crippen LogP contribution >= 0.6 is 0 Å². The highest BCUT2D eigenvalue weighted by atomic mass is 16.5. The Bertz CT molecular complexity index is 770. The van der Waals surface area contributed by atoms with E-state index in [9.17, 15) is 4.79 Å². The normalized spacial score (nSPS) is 11.7. The molecule has 0 aromatic heterocycles. The van der Waals surface area contributed by atoms with Gasteiger partial charge in [-0.25, -0.2) is 0 Å². The van der Waals surface area contributed by atoms with Crippen molar-refractivity contribution in [1.82, 2.24) is 0 Å². The summed E-state index contributed by atoms with van der Waals surface area (Å²) in [6.07, 6.45) is 5.15. The molecular weight excluding hydrogens is 338 g/mol. The molecule has 0 aliphatic heterocycles. The molecule has 0 radical (unpaired) electrons. The highest BCUT2D eigenvalue weighted by Crippen LogP contribution is 2.34. The van der Waals surface area contributed by atoms with Gasteiger partial charge in [-0.3, -0.25) is 4.79 Å². The minimum Gasteiger partial charge on any atom is -0.493 e. The maximum Gasteiger partial charge on any atom is 0.307 e. The van der Waals surface area contributed by atoms with Crippen molar-refractivity contribution in [3.63, 3.8) is 0 Å². The summed E-state index contributed by atoms with van der Waals surface area (Å²) in [7, 11) is 1.37. The summed E-state index contributed by atoms with van der Waals surface area (Å²) in [6.45, 7) is 6.49. The monoisotopic (exact) mass is 367 g/mol. The minimum absolute atomic E-state index is 0.153. The third-order valence-corrected chi connectivity index (χ3v) is 4.51. The molecule has 2 aromatic carbocycles. The first-order valence-corrected chi connectivity index (χ1v) is 9.32. The van der Waals surface area contributed by atoms with Gasteiger partial charge in [-0.1, -0.05) is 36.4 Å². The third-order valence-electron chi connectivity index (χ3n) is 4.51. The number of allylic oxidation sites excluding steroid dienone is 1. The quantitative estimate of drug-likeness (QED) is 0.366. The van der Waals surface area contributed by atoms with E-state index in [0.717, 1.165) is 47.3 Å². The summed E-state index contributed by atoms with van der Waals surface area (Å²) >= 11 is 0. The van der Waals surface area contributed by atoms with Gasteiger partial charge in [0, 0.05) is 11.6 Å². The second-order valence-electron chi connectivity index (χ2n) is 6.59. The Kier molecular flexibility index (Phi) is 8.08. The van der Waals surface area contributed by atoms with Crippen molar-refractivity contribution in [3.8, 4) is 16.9 Å². The number of benzene rings is 2. The molecule has 2 aromatic rings. The summed E-state index contributed by atoms with van der Waals surface area (Å²) in [5.74, 6) is 0.555. The SMILES string of the molecule is C=CCCCCOc1cccc(C)c1-c1cccc([C@@H](N)CC(=O)OC)c1. The largest absolute Gasteiger partial charge is 0.493 e. The van der Waals surface area contributed by atoms with Crippen molar-refractivity contribution in [2.24, 2.45) is 5.73 Å². The number of hydrogen-bond donors (Lipinski definition) is 1. The van der Waals surface area contributed by atoms with E-state index in [4.69, 9.17) is 15.2 Å². The van der Waals surface area contributed by atoms with Crippen LogP contribution in [0.5, 0.6) is 5.75 Å². The lowest BCUT2D eigenvalue weighted by atomic mass is 9.95. The summed E-state index contributed by atoms with van der Waals surface area (Å²) < 4.78 is 10.8. The third kappa shape index (κ3) is 5.97. The minimum atomic E-state index is -0.398. The van der Waals surface area contributed by atoms with Gasteiger partial charge in [-0.15, -0.1) is 6.58 Å². The molecule has 4 nitrogen and oxygen atoms in total. The lowest BCUT2D eigenvalue weighted by Crippen LogP contribution is -2.16. The topological polar surface area (TPSA) is 61.5 Å². The van der Waals surface area contributed by atoms with Crippen LogP contribution in [0.2, 0.25) is 0 Å². The number of unbranched alkanes of at least 4 members (excludes halogenated alkanes) is 2. The molecule has 4 heteroatoms. The zero-order valence-electron chi connectivity index (χ0n) is 16.2. The van der Waals surface area contributed by atoms with E-state index in [1.807, 2.05) is 42.5 Å². The van der Waals surface area contributed by atoms with Crippen LogP contribution in [-0.4, -0.2) is 19.7 Å². The van der Waals surface area contributed by atoms with Gasteiger partial charge in [0.15, 0.2) is 0 Å². The molecule has 0 bridgehead atoms. The number of hydrogen-bond acceptors (Lipinski definition) is 4. The number of esters is 1. The number of carbonyl (C=O) groups excluding carboxylic acids is 1. The molecule has 0 saturated carbocycles. The predicted octanol–water partition coefficient (Wildman–Crippen LogP) is 4.96. The molecule has 0 saturated heterocycles. The zero-order valence-corrected chi connectivity index (χ0v) is 16.2. The van der Waals surface area contributed by atoms with Gasteiger partial charge in [-0.2, -0.15) is 0 Å². The molecular formula is C23H29NO3. The molecule has 0 unspecified atom stereocenters. The number of nitrogens with two attached hydrogens (primary N) is 1. The number of methoxy groups -OCH3 is 1. The van der Waals surface area contributed by atoms with Crippen molar-refractivity contribution in [3.05, 3.63) is 66.2 Å². The predicted molar refractivity (Wildman–Crippen MR) is 110 cm³/mol. The van der Waals surface area contributed by atoms with Gasteiger partial charge in [0.05, 0.1) is 20.1 Å². The van der Waals surface area contributed by atoms with Crippen LogP contribution in [0.25, 0.3) is 11.1 Å². The van der Waals surface area contributed by atoms with Crippen LogP contribution in [0.15, 0.2) is 55.1 Å². The van der Waals surface area contributed by atoms with E-state index in [1.54, 1.807) is 0 Å². The van der Waals surface area contributed by atoms with Crippen molar-refractivity contribution in [2.75, 3.05) is 13.7 Å². The van der Waals surface area contributed by atoms with Crippen LogP contribution < -0.4 is 10.5 Å². The second-order valence-corrected chi connectivity index (χ2v) is 6.59. The fraction of sp³-hybridized carbons (Fsp3) is 0.348. The molecule has 27 heavy (non-hydrogen) atoms. The first-order valence-electron chi connectivity index (χ1n) is 9.32. The Morgan fingerprint density at radius 2 is 2.00 bits per heavy atom. The highest BCUT2D eigenvalue weighted by Gasteiger charge is 2.15. The molecule has 0 spiro atoms. The summed E-state index contributed by atoms with van der Waals surface area (Å²) in [5.41, 5.74) is 10.3. The molecule has 144 valence electrons. The average molecular weight is 367 g/mol. The van der Waals surface area contributed by atoms with Gasteiger partial charge in [0.2, 0.25) is 0 Å². The van der Waals surface area contributed by atoms with Gasteiger partial charge in [-0.05, 0) is 55.0 Å². The molecule has 2 N–H and O–H groups in total. The van der Waals surface area contributed by atoms with Crippen LogP contribution in [0.4, 0.5) is 0 Å². The number of carbonyl (C=O) groups is 1. The number of aryl methyl sites for hydroxylation is 1. The van der Waals surface area contributed by atoms with Gasteiger partial charge < -0.3 is 15.2 Å². The zero-order chi connectivity index (χ0) is 19.6. The van der Waals surface area contributed by atoms with Gasteiger partial charge in [0.1, 0.15) is 5.75 Å². The summed E-state index contributed by atoms with van der Waals surface area (Å²) in [6, 6.07) is 13.6. The van der Waals surface area contributed by atoms with E-state index < -0.39 is 6.04 Å².